The highest BCUT2D eigenvalue weighted by Crippen LogP contribution is 2.48. The van der Waals surface area contributed by atoms with E-state index in [1.807, 2.05) is 6.92 Å². The van der Waals surface area contributed by atoms with E-state index in [9.17, 15) is 18.7 Å². The van der Waals surface area contributed by atoms with Gasteiger partial charge in [-0.1, -0.05) is 19.9 Å². The minimum absolute atomic E-state index is 0.0596. The molecule has 8 nitrogen and oxygen atoms in total. The number of aromatic nitrogens is 4. The summed E-state index contributed by atoms with van der Waals surface area (Å²) in [7, 11) is 0. The van der Waals surface area contributed by atoms with Crippen LogP contribution >= 0.6 is 0 Å². The fourth-order valence-electron chi connectivity index (χ4n) is 4.75. The van der Waals surface area contributed by atoms with Crippen LogP contribution in [0.2, 0.25) is 0 Å². The molecule has 1 aliphatic rings. The Hall–Kier alpha value is -3.37. The molecule has 3 N–H and O–H groups in total. The van der Waals surface area contributed by atoms with Crippen molar-refractivity contribution < 1.29 is 23.8 Å². The van der Waals surface area contributed by atoms with Crippen LogP contribution in [-0.4, -0.2) is 55.5 Å². The normalized spacial score (nSPS) is 20.2. The molecule has 0 spiro atoms. The van der Waals surface area contributed by atoms with E-state index in [-0.39, 0.29) is 35.3 Å². The van der Waals surface area contributed by atoms with Gasteiger partial charge in [0.2, 0.25) is 0 Å². The van der Waals surface area contributed by atoms with E-state index in [2.05, 4.69) is 39.3 Å². The van der Waals surface area contributed by atoms with Crippen LogP contribution in [0.5, 0.6) is 0 Å². The Labute approximate surface area is 207 Å². The monoisotopic (exact) mass is 497 g/mol. The van der Waals surface area contributed by atoms with Gasteiger partial charge in [-0.15, -0.1) is 5.10 Å². The second kappa shape index (κ2) is 10.3. The van der Waals surface area contributed by atoms with Gasteiger partial charge in [-0.2, -0.15) is 5.10 Å². The summed E-state index contributed by atoms with van der Waals surface area (Å²) < 4.78 is 29.0. The van der Waals surface area contributed by atoms with Gasteiger partial charge in [0.25, 0.3) is 5.91 Å². The Kier molecular flexibility index (Phi) is 7.37. The van der Waals surface area contributed by atoms with Crippen LogP contribution in [-0.2, 0) is 5.41 Å². The number of fused-ring (bicyclic) bond motifs is 1. The Morgan fingerprint density at radius 1 is 1.22 bits per heavy atom. The van der Waals surface area contributed by atoms with Gasteiger partial charge in [0.05, 0.1) is 47.0 Å². The summed E-state index contributed by atoms with van der Waals surface area (Å²) in [6.45, 7) is 5.52. The van der Waals surface area contributed by atoms with E-state index in [0.717, 1.165) is 12.0 Å². The van der Waals surface area contributed by atoms with E-state index in [1.54, 1.807) is 12.3 Å². The van der Waals surface area contributed by atoms with Crippen LogP contribution in [0.4, 0.5) is 8.78 Å². The lowest BCUT2D eigenvalue weighted by Crippen LogP contribution is -2.37. The third kappa shape index (κ3) is 4.83. The maximum atomic E-state index is 14.5. The minimum Gasteiger partial charge on any atom is -0.394 e. The molecule has 3 aromatic rings. The number of aliphatic hydroxyl groups excluding tert-OH is 2. The number of halogens is 2. The van der Waals surface area contributed by atoms with Crippen LogP contribution in [0, 0.1) is 17.6 Å². The smallest absolute Gasteiger partial charge is 0.271 e. The fourth-order valence-corrected chi connectivity index (χ4v) is 4.75. The van der Waals surface area contributed by atoms with Crippen LogP contribution in [0.25, 0.3) is 11.3 Å². The summed E-state index contributed by atoms with van der Waals surface area (Å²) in [6, 6.07) is 5.40. The predicted molar refractivity (Wildman–Crippen MR) is 128 cm³/mol. The second-order valence-electron chi connectivity index (χ2n) is 9.69. The molecule has 1 aromatic carbocycles. The van der Waals surface area contributed by atoms with Crippen LogP contribution in [0.1, 0.15) is 67.0 Å². The third-order valence-corrected chi connectivity index (χ3v) is 6.87. The molecule has 190 valence electrons. The Morgan fingerprint density at radius 2 is 1.94 bits per heavy atom. The predicted octanol–water partition coefficient (Wildman–Crippen LogP) is 3.13. The molecule has 36 heavy (non-hydrogen) atoms. The highest BCUT2D eigenvalue weighted by atomic mass is 19.1. The van der Waals surface area contributed by atoms with Crippen LogP contribution in [0.15, 0.2) is 36.7 Å². The molecule has 0 radical (unpaired) electrons. The van der Waals surface area contributed by atoms with Gasteiger partial charge in [-0.3, -0.25) is 9.78 Å². The molecule has 1 aliphatic carbocycles. The number of hydrogen-bond donors (Lipinski definition) is 3. The maximum Gasteiger partial charge on any atom is 0.271 e. The summed E-state index contributed by atoms with van der Waals surface area (Å²) in [5.74, 6) is -1.61. The molecule has 2 aromatic heterocycles. The second-order valence-corrected chi connectivity index (χ2v) is 9.69. The number of aliphatic hydroxyl groups is 2. The van der Waals surface area contributed by atoms with Gasteiger partial charge in [0, 0.05) is 12.7 Å². The summed E-state index contributed by atoms with van der Waals surface area (Å²) in [6.07, 6.45) is 3.25. The highest BCUT2D eigenvalue weighted by molar-refractivity contribution is 5.92. The van der Waals surface area contributed by atoms with Gasteiger partial charge in [0.1, 0.15) is 17.3 Å². The zero-order valence-corrected chi connectivity index (χ0v) is 20.4. The lowest BCUT2D eigenvalue weighted by molar-refractivity contribution is 0.0798. The molecule has 1 unspecified atom stereocenters. The van der Waals surface area contributed by atoms with E-state index < -0.39 is 35.7 Å². The van der Waals surface area contributed by atoms with Gasteiger partial charge in [0.15, 0.2) is 0 Å². The van der Waals surface area contributed by atoms with Crippen LogP contribution in [0.3, 0.4) is 0 Å². The number of carbonyl (C=O) groups is 1. The lowest BCUT2D eigenvalue weighted by atomic mass is 9.66. The quantitative estimate of drug-likeness (QED) is 0.459. The number of nitrogens with one attached hydrogen (secondary N) is 1. The first-order valence-corrected chi connectivity index (χ1v) is 11.9. The molecule has 0 saturated heterocycles. The van der Waals surface area contributed by atoms with Crippen molar-refractivity contribution in [1.82, 2.24) is 25.5 Å². The van der Waals surface area contributed by atoms with Crippen molar-refractivity contribution in [3.8, 4) is 11.3 Å². The summed E-state index contributed by atoms with van der Waals surface area (Å²) in [5, 5.41) is 29.7. The number of rotatable bonds is 7. The molecule has 10 heteroatoms. The first-order chi connectivity index (χ1) is 17.2. The fraction of sp³-hybridized carbons (Fsp3) is 0.423. The van der Waals surface area contributed by atoms with Crippen LogP contribution < -0.4 is 5.32 Å². The zero-order valence-electron chi connectivity index (χ0n) is 20.4. The molecule has 4 rings (SSSR count). The number of benzene rings is 1. The molecule has 1 amide bonds. The number of hydrogen-bond acceptors (Lipinski definition) is 7. The average molecular weight is 498 g/mol. The molecular formula is C26H29F2N5O3. The number of amides is 1. The molecule has 0 fully saturated rings. The van der Waals surface area contributed by atoms with Crippen molar-refractivity contribution in [2.75, 3.05) is 13.2 Å². The maximum absolute atomic E-state index is 14.5. The summed E-state index contributed by atoms with van der Waals surface area (Å²) in [5.41, 5.74) is 1.22. The molecule has 0 bridgehead atoms. The summed E-state index contributed by atoms with van der Waals surface area (Å²) in [4.78, 5) is 21.3. The molecule has 0 aliphatic heterocycles. The van der Waals surface area contributed by atoms with Crippen molar-refractivity contribution in [3.05, 3.63) is 70.9 Å². The highest BCUT2D eigenvalue weighted by Gasteiger charge is 2.42. The summed E-state index contributed by atoms with van der Waals surface area (Å²) >= 11 is 0. The zero-order chi connectivity index (χ0) is 26.0. The Morgan fingerprint density at radius 3 is 2.61 bits per heavy atom. The number of carbonyl (C=O) groups excluding carboxylic acids is 1. The van der Waals surface area contributed by atoms with Crippen molar-refractivity contribution in [1.29, 1.82) is 0 Å². The average Bonchev–Trinajstić information content (AvgIpc) is 2.87. The van der Waals surface area contributed by atoms with Crippen molar-refractivity contribution in [2.24, 2.45) is 5.92 Å². The van der Waals surface area contributed by atoms with Gasteiger partial charge in [-0.05, 0) is 55.4 Å². The van der Waals surface area contributed by atoms with E-state index in [0.29, 0.717) is 17.8 Å². The van der Waals surface area contributed by atoms with E-state index in [4.69, 9.17) is 5.11 Å². The standard InChI is InChI=1S/C26H29F2N5O3/c1-14(2)16-7-8-26(3,22-12-29-11-21(31-22)25(36)30-10-15(35)13-34)24-17(16)9-20(32-33-24)23-18(27)5-4-6-19(23)28/h4-6,9,11-12,14-16,34-35H,7-8,10,13H2,1-3H3,(H,30,36)/t15-,16?,26-/m1/s1. The van der Waals surface area contributed by atoms with Gasteiger partial charge in [-0.25, -0.2) is 13.8 Å². The van der Waals surface area contributed by atoms with E-state index >= 15 is 0 Å². The Balaban J connectivity index is 1.77. The SMILES string of the molecule is CC(C)C1CC[C@](C)(c2cncc(C(=O)NC[C@@H](O)CO)n2)c2nnc(-c3c(F)cccc3F)cc21. The number of nitrogens with zero attached hydrogens (tertiary/aromatic N) is 4. The molecule has 0 saturated carbocycles. The largest absolute Gasteiger partial charge is 0.394 e. The topological polar surface area (TPSA) is 121 Å². The third-order valence-electron chi connectivity index (χ3n) is 6.87. The minimum atomic E-state index is -1.08. The van der Waals surface area contributed by atoms with Crippen molar-refractivity contribution >= 4 is 5.91 Å². The molecule has 2 heterocycles. The first-order valence-electron chi connectivity index (χ1n) is 11.9. The first kappa shape index (κ1) is 25.7. The van der Waals surface area contributed by atoms with Gasteiger partial charge >= 0.3 is 0 Å². The molecular weight excluding hydrogens is 468 g/mol. The van der Waals surface area contributed by atoms with Gasteiger partial charge < -0.3 is 15.5 Å². The lowest BCUT2D eigenvalue weighted by Gasteiger charge is -2.39. The molecule has 3 atom stereocenters. The van der Waals surface area contributed by atoms with E-state index in [1.165, 1.54) is 24.4 Å². The Bertz CT molecular complexity index is 1250. The van der Waals surface area contributed by atoms with Crippen molar-refractivity contribution in [2.45, 2.75) is 51.0 Å². The van der Waals surface area contributed by atoms with Crippen molar-refractivity contribution in [3.63, 3.8) is 0 Å².